The number of ether oxygens (including phenoxy) is 1. The molecule has 0 bridgehead atoms. The van der Waals surface area contributed by atoms with Gasteiger partial charge in [0.05, 0.1) is 5.56 Å². The molecule has 1 aliphatic rings. The van der Waals surface area contributed by atoms with E-state index in [0.29, 0.717) is 0 Å². The van der Waals surface area contributed by atoms with Crippen molar-refractivity contribution in [2.45, 2.75) is 25.0 Å². The van der Waals surface area contributed by atoms with Crippen molar-refractivity contribution in [2.24, 2.45) is 0 Å². The lowest BCUT2D eigenvalue weighted by molar-refractivity contribution is -0.0510. The number of hydrogen-bond donors (Lipinski definition) is 0. The summed E-state index contributed by atoms with van der Waals surface area (Å²) < 4.78 is 82.1. The largest absolute Gasteiger partial charge is 0.534 e. The standard InChI is InChI=1S/C12H10F4O4S/c1-11(2)6-10(20-21(17,18)12(14,15)16)8-4-3-7(13)5-9(8)19-11/h3-6H,1-2H3. The molecule has 0 saturated heterocycles. The third kappa shape index (κ3) is 3.12. The molecule has 0 radical (unpaired) electrons. The van der Waals surface area contributed by atoms with Crippen LogP contribution < -0.4 is 4.74 Å². The highest BCUT2D eigenvalue weighted by molar-refractivity contribution is 7.87. The van der Waals surface area contributed by atoms with Gasteiger partial charge in [-0.15, -0.1) is 0 Å². The van der Waals surface area contributed by atoms with E-state index in [9.17, 15) is 26.0 Å². The molecular weight excluding hydrogens is 316 g/mol. The van der Waals surface area contributed by atoms with Crippen LogP contribution >= 0.6 is 0 Å². The first-order valence-electron chi connectivity index (χ1n) is 5.64. The molecule has 0 atom stereocenters. The van der Waals surface area contributed by atoms with Crippen LogP contribution in [-0.4, -0.2) is 19.5 Å². The smallest absolute Gasteiger partial charge is 0.483 e. The molecule has 9 heteroatoms. The van der Waals surface area contributed by atoms with E-state index < -0.39 is 32.8 Å². The fourth-order valence-electron chi connectivity index (χ4n) is 1.72. The Morgan fingerprint density at radius 2 is 1.86 bits per heavy atom. The fourth-order valence-corrected chi connectivity index (χ4v) is 2.19. The van der Waals surface area contributed by atoms with E-state index in [0.717, 1.165) is 24.3 Å². The molecule has 0 aromatic heterocycles. The fraction of sp³-hybridized carbons (Fsp3) is 0.333. The minimum absolute atomic E-state index is 0.0800. The number of rotatable bonds is 2. The molecule has 2 rings (SSSR count). The summed E-state index contributed by atoms with van der Waals surface area (Å²) in [4.78, 5) is 0. The maximum atomic E-state index is 13.2. The van der Waals surface area contributed by atoms with E-state index in [-0.39, 0.29) is 11.3 Å². The Morgan fingerprint density at radius 1 is 1.24 bits per heavy atom. The first kappa shape index (κ1) is 15.6. The Hall–Kier alpha value is -1.77. The summed E-state index contributed by atoms with van der Waals surface area (Å²) in [6, 6.07) is 2.98. The van der Waals surface area contributed by atoms with Gasteiger partial charge in [0.2, 0.25) is 0 Å². The molecule has 0 unspecified atom stereocenters. The van der Waals surface area contributed by atoms with Gasteiger partial charge in [-0.1, -0.05) is 0 Å². The van der Waals surface area contributed by atoms with Crippen molar-refractivity contribution < 1.29 is 34.9 Å². The van der Waals surface area contributed by atoms with Gasteiger partial charge in [-0.25, -0.2) is 4.39 Å². The topological polar surface area (TPSA) is 52.6 Å². The summed E-state index contributed by atoms with van der Waals surface area (Å²) in [5.41, 5.74) is -6.79. The Balaban J connectivity index is 2.50. The lowest BCUT2D eigenvalue weighted by atomic mass is 10.0. The van der Waals surface area contributed by atoms with Crippen molar-refractivity contribution in [2.75, 3.05) is 0 Å². The highest BCUT2D eigenvalue weighted by Crippen LogP contribution is 2.39. The molecule has 0 saturated carbocycles. The van der Waals surface area contributed by atoms with Crippen LogP contribution in [0.1, 0.15) is 19.4 Å². The van der Waals surface area contributed by atoms with Gasteiger partial charge in [-0.2, -0.15) is 21.6 Å². The third-order valence-corrected chi connectivity index (χ3v) is 3.51. The van der Waals surface area contributed by atoms with Crippen LogP contribution in [-0.2, 0) is 14.3 Å². The molecule has 0 spiro atoms. The number of halogens is 4. The van der Waals surface area contributed by atoms with Crippen LogP contribution in [0.4, 0.5) is 17.6 Å². The molecule has 0 aliphatic carbocycles. The maximum absolute atomic E-state index is 13.2. The van der Waals surface area contributed by atoms with Crippen LogP contribution in [0.3, 0.4) is 0 Å². The Bertz CT molecular complexity index is 704. The number of benzene rings is 1. The molecule has 4 nitrogen and oxygen atoms in total. The summed E-state index contributed by atoms with van der Waals surface area (Å²) in [6.07, 6.45) is 1.08. The second kappa shape index (κ2) is 4.62. The van der Waals surface area contributed by atoms with Crippen molar-refractivity contribution in [3.8, 4) is 5.75 Å². The third-order valence-electron chi connectivity index (χ3n) is 2.54. The van der Waals surface area contributed by atoms with Gasteiger partial charge in [0, 0.05) is 12.1 Å². The molecule has 0 N–H and O–H groups in total. The van der Waals surface area contributed by atoms with Crippen LogP contribution in [0.25, 0.3) is 5.76 Å². The molecule has 0 amide bonds. The van der Waals surface area contributed by atoms with Crippen molar-refractivity contribution >= 4 is 15.9 Å². The second-order valence-corrected chi connectivity index (χ2v) is 6.38. The van der Waals surface area contributed by atoms with Crippen LogP contribution in [0.5, 0.6) is 5.75 Å². The second-order valence-electron chi connectivity index (χ2n) is 4.84. The van der Waals surface area contributed by atoms with Crippen molar-refractivity contribution in [1.82, 2.24) is 0 Å². The van der Waals surface area contributed by atoms with E-state index in [2.05, 4.69) is 4.18 Å². The maximum Gasteiger partial charge on any atom is 0.534 e. The van der Waals surface area contributed by atoms with E-state index in [1.54, 1.807) is 0 Å². The van der Waals surface area contributed by atoms with Gasteiger partial charge < -0.3 is 8.92 Å². The molecule has 21 heavy (non-hydrogen) atoms. The van der Waals surface area contributed by atoms with E-state index >= 15 is 0 Å². The van der Waals surface area contributed by atoms with Crippen LogP contribution in [0.2, 0.25) is 0 Å². The van der Waals surface area contributed by atoms with Gasteiger partial charge in [-0.3, -0.25) is 0 Å². The molecule has 1 aromatic rings. The Kier molecular flexibility index (Phi) is 3.43. The Labute approximate surface area is 118 Å². The zero-order valence-electron chi connectivity index (χ0n) is 10.9. The molecular formula is C12H10F4O4S. The highest BCUT2D eigenvalue weighted by Gasteiger charge is 2.49. The highest BCUT2D eigenvalue weighted by atomic mass is 32.2. The average Bonchev–Trinajstić information content (AvgIpc) is 2.24. The lowest BCUT2D eigenvalue weighted by Crippen LogP contribution is -2.31. The summed E-state index contributed by atoms with van der Waals surface area (Å²) in [5, 5.41) is 0. The summed E-state index contributed by atoms with van der Waals surface area (Å²) in [7, 11) is -5.82. The number of hydrogen-bond acceptors (Lipinski definition) is 4. The van der Waals surface area contributed by atoms with Gasteiger partial charge >= 0.3 is 15.6 Å². The minimum atomic E-state index is -5.82. The zero-order chi connectivity index (χ0) is 16.1. The predicted octanol–water partition coefficient (Wildman–Crippen LogP) is 3.20. The molecule has 1 heterocycles. The number of fused-ring (bicyclic) bond motifs is 1. The molecule has 1 aliphatic heterocycles. The van der Waals surface area contributed by atoms with E-state index in [4.69, 9.17) is 4.74 Å². The van der Waals surface area contributed by atoms with Gasteiger partial charge in [0.25, 0.3) is 0 Å². The lowest BCUT2D eigenvalue weighted by Gasteiger charge is -2.30. The normalized spacial score (nSPS) is 17.5. The summed E-state index contributed by atoms with van der Waals surface area (Å²) >= 11 is 0. The van der Waals surface area contributed by atoms with Gasteiger partial charge in [0.15, 0.2) is 5.76 Å². The van der Waals surface area contributed by atoms with E-state index in [1.807, 2.05) is 0 Å². The van der Waals surface area contributed by atoms with Gasteiger partial charge in [-0.05, 0) is 26.0 Å². The first-order valence-corrected chi connectivity index (χ1v) is 7.05. The van der Waals surface area contributed by atoms with Crippen molar-refractivity contribution in [1.29, 1.82) is 0 Å². The SMILES string of the molecule is CC1(C)C=C(OS(=O)(=O)C(F)(F)F)c2ccc(F)cc2O1. The van der Waals surface area contributed by atoms with Crippen LogP contribution in [0, 0.1) is 5.82 Å². The van der Waals surface area contributed by atoms with Crippen molar-refractivity contribution in [3.63, 3.8) is 0 Å². The van der Waals surface area contributed by atoms with E-state index in [1.165, 1.54) is 13.8 Å². The Morgan fingerprint density at radius 3 is 2.43 bits per heavy atom. The van der Waals surface area contributed by atoms with Crippen molar-refractivity contribution in [3.05, 3.63) is 35.7 Å². The molecule has 116 valence electrons. The quantitative estimate of drug-likeness (QED) is 0.476. The monoisotopic (exact) mass is 326 g/mol. The minimum Gasteiger partial charge on any atom is -0.483 e. The molecule has 1 aromatic carbocycles. The molecule has 0 fully saturated rings. The summed E-state index contributed by atoms with van der Waals surface area (Å²) in [5.74, 6) is -1.34. The van der Waals surface area contributed by atoms with Gasteiger partial charge in [0.1, 0.15) is 17.2 Å². The first-order chi connectivity index (χ1) is 9.41. The number of alkyl halides is 3. The zero-order valence-corrected chi connectivity index (χ0v) is 11.7. The summed E-state index contributed by atoms with van der Waals surface area (Å²) in [6.45, 7) is 2.93. The predicted molar refractivity (Wildman–Crippen MR) is 65.1 cm³/mol. The average molecular weight is 326 g/mol. The van der Waals surface area contributed by atoms with Crippen LogP contribution in [0.15, 0.2) is 24.3 Å².